The van der Waals surface area contributed by atoms with Gasteiger partial charge in [0, 0.05) is 45.9 Å². The lowest BCUT2D eigenvalue weighted by atomic mass is 10.1. The smallest absolute Gasteiger partial charge is 0.0565 e. The van der Waals surface area contributed by atoms with Gasteiger partial charge in [-0.1, -0.05) is 0 Å². The molecule has 3 atom stereocenters. The van der Waals surface area contributed by atoms with Crippen molar-refractivity contribution >= 4 is 27.3 Å². The predicted molar refractivity (Wildman–Crippen MR) is 89.3 cm³/mol. The molecular formula is C15H24BrN3S. The van der Waals surface area contributed by atoms with Crippen LogP contribution in [0.15, 0.2) is 10.5 Å². The molecule has 0 spiro atoms. The van der Waals surface area contributed by atoms with Crippen LogP contribution >= 0.6 is 27.3 Å². The van der Waals surface area contributed by atoms with Gasteiger partial charge >= 0.3 is 0 Å². The molecule has 1 aromatic heterocycles. The van der Waals surface area contributed by atoms with Gasteiger partial charge in [0.05, 0.1) is 6.04 Å². The third kappa shape index (κ3) is 2.71. The van der Waals surface area contributed by atoms with Crippen molar-refractivity contribution in [3.05, 3.63) is 20.3 Å². The molecule has 0 aromatic carbocycles. The summed E-state index contributed by atoms with van der Waals surface area (Å²) in [7, 11) is 2.30. The van der Waals surface area contributed by atoms with Gasteiger partial charge in [-0.15, -0.1) is 11.3 Å². The first-order chi connectivity index (χ1) is 9.60. The van der Waals surface area contributed by atoms with E-state index in [4.69, 9.17) is 5.73 Å². The maximum Gasteiger partial charge on any atom is 0.0565 e. The first-order valence-electron chi connectivity index (χ1n) is 7.52. The number of thiophene rings is 1. The van der Waals surface area contributed by atoms with E-state index < -0.39 is 0 Å². The van der Waals surface area contributed by atoms with Crippen molar-refractivity contribution in [1.82, 2.24) is 9.80 Å². The number of aryl methyl sites for hydroxylation is 1. The van der Waals surface area contributed by atoms with Gasteiger partial charge in [-0.25, -0.2) is 0 Å². The van der Waals surface area contributed by atoms with Crippen LogP contribution in [0.4, 0.5) is 0 Å². The average molecular weight is 358 g/mol. The van der Waals surface area contributed by atoms with E-state index in [1.54, 1.807) is 0 Å². The van der Waals surface area contributed by atoms with Crippen molar-refractivity contribution < 1.29 is 0 Å². The van der Waals surface area contributed by atoms with E-state index in [-0.39, 0.29) is 0 Å². The minimum atomic E-state index is 0.387. The minimum Gasteiger partial charge on any atom is -0.329 e. The van der Waals surface area contributed by atoms with Crippen molar-refractivity contribution in [2.75, 3.05) is 26.7 Å². The highest BCUT2D eigenvalue weighted by Gasteiger charge is 2.36. The minimum absolute atomic E-state index is 0.387. The summed E-state index contributed by atoms with van der Waals surface area (Å²) in [4.78, 5) is 7.99. The molecule has 1 aromatic rings. The van der Waals surface area contributed by atoms with Crippen LogP contribution in [0.25, 0.3) is 0 Å². The van der Waals surface area contributed by atoms with Gasteiger partial charge in [0.2, 0.25) is 0 Å². The van der Waals surface area contributed by atoms with Crippen LogP contribution < -0.4 is 5.73 Å². The number of likely N-dealkylation sites (tertiary alicyclic amines) is 1. The Hall–Kier alpha value is 0.0600. The molecule has 2 N–H and O–H groups in total. The van der Waals surface area contributed by atoms with Gasteiger partial charge in [0.1, 0.15) is 0 Å². The molecule has 2 bridgehead atoms. The number of rotatable bonds is 3. The second-order valence-corrected chi connectivity index (χ2v) is 8.28. The molecule has 20 heavy (non-hydrogen) atoms. The van der Waals surface area contributed by atoms with E-state index in [1.807, 2.05) is 11.3 Å². The second kappa shape index (κ2) is 6.05. The van der Waals surface area contributed by atoms with E-state index in [2.05, 4.69) is 45.8 Å². The summed E-state index contributed by atoms with van der Waals surface area (Å²) in [5.41, 5.74) is 6.11. The first-order valence-corrected chi connectivity index (χ1v) is 9.13. The van der Waals surface area contributed by atoms with Crippen molar-refractivity contribution in [2.45, 2.75) is 44.3 Å². The van der Waals surface area contributed by atoms with Crippen LogP contribution in [0, 0.1) is 6.92 Å². The van der Waals surface area contributed by atoms with Crippen LogP contribution in [0.1, 0.15) is 35.1 Å². The van der Waals surface area contributed by atoms with Gasteiger partial charge in [-0.3, -0.25) is 9.80 Å². The third-order valence-corrected chi connectivity index (χ3v) is 7.29. The lowest BCUT2D eigenvalue weighted by Crippen LogP contribution is -2.40. The molecule has 3 unspecified atom stereocenters. The van der Waals surface area contributed by atoms with E-state index in [1.165, 1.54) is 46.6 Å². The molecule has 0 saturated carbocycles. The third-order valence-electron chi connectivity index (χ3n) is 5.05. The Morgan fingerprint density at radius 1 is 1.40 bits per heavy atom. The normalized spacial score (nSPS) is 29.6. The topological polar surface area (TPSA) is 32.5 Å². The fraction of sp³-hybridized carbons (Fsp3) is 0.733. The zero-order valence-electron chi connectivity index (χ0n) is 12.3. The van der Waals surface area contributed by atoms with Gasteiger partial charge < -0.3 is 5.73 Å². The number of nitrogens with two attached hydrogens (primary N) is 1. The summed E-state index contributed by atoms with van der Waals surface area (Å²) in [6.07, 6.45) is 4.02. The van der Waals surface area contributed by atoms with Gasteiger partial charge in [-0.05, 0) is 55.2 Å². The summed E-state index contributed by atoms with van der Waals surface area (Å²) in [6, 6.07) is 4.17. The summed E-state index contributed by atoms with van der Waals surface area (Å²) < 4.78 is 1.23. The first kappa shape index (κ1) is 15.0. The maximum absolute atomic E-state index is 6.11. The Labute approximate surface area is 134 Å². The summed E-state index contributed by atoms with van der Waals surface area (Å²) >= 11 is 5.52. The number of halogens is 1. The molecule has 3 heterocycles. The van der Waals surface area contributed by atoms with Crippen molar-refractivity contribution in [3.63, 3.8) is 0 Å². The van der Waals surface area contributed by atoms with Crippen LogP contribution in [-0.2, 0) is 0 Å². The Morgan fingerprint density at radius 3 is 2.80 bits per heavy atom. The summed E-state index contributed by atoms with van der Waals surface area (Å²) in [5, 5.41) is 0. The molecule has 3 rings (SSSR count). The zero-order chi connectivity index (χ0) is 14.3. The molecule has 2 saturated heterocycles. The largest absolute Gasteiger partial charge is 0.329 e. The lowest BCUT2D eigenvalue weighted by Gasteiger charge is -2.32. The highest BCUT2D eigenvalue weighted by Crippen LogP contribution is 2.36. The van der Waals surface area contributed by atoms with E-state index in [9.17, 15) is 0 Å². The molecule has 3 nitrogen and oxygen atoms in total. The Bertz CT molecular complexity index is 456. The molecular weight excluding hydrogens is 334 g/mol. The number of hydrogen-bond donors (Lipinski definition) is 1. The quantitative estimate of drug-likeness (QED) is 0.902. The Balaban J connectivity index is 1.79. The Kier molecular flexibility index (Phi) is 4.53. The molecule has 2 aliphatic rings. The average Bonchev–Trinajstić information content (AvgIpc) is 2.84. The monoisotopic (exact) mass is 357 g/mol. The molecule has 2 aliphatic heterocycles. The molecule has 0 amide bonds. The zero-order valence-corrected chi connectivity index (χ0v) is 14.7. The molecule has 0 radical (unpaired) electrons. The standard InChI is InChI=1S/C15H24BrN3S/c1-10-13(16)7-15(20-10)14(8-17)19-6-5-11-3-4-12(9-19)18(11)2/h7,11-12,14H,3-6,8-9,17H2,1-2H3. The summed E-state index contributed by atoms with van der Waals surface area (Å²) in [5.74, 6) is 0. The van der Waals surface area contributed by atoms with Crippen molar-refractivity contribution in [1.29, 1.82) is 0 Å². The van der Waals surface area contributed by atoms with E-state index in [0.717, 1.165) is 12.1 Å². The van der Waals surface area contributed by atoms with Gasteiger partial charge in [0.15, 0.2) is 0 Å². The van der Waals surface area contributed by atoms with Gasteiger partial charge in [0.25, 0.3) is 0 Å². The molecule has 5 heteroatoms. The lowest BCUT2D eigenvalue weighted by molar-refractivity contribution is 0.177. The SMILES string of the molecule is Cc1sc(C(CN)N2CCC3CCC(C2)N3C)cc1Br. The van der Waals surface area contributed by atoms with Crippen LogP contribution in [0.2, 0.25) is 0 Å². The summed E-state index contributed by atoms with van der Waals surface area (Å²) in [6.45, 7) is 5.24. The predicted octanol–water partition coefficient (Wildman–Crippen LogP) is 2.99. The number of likely N-dealkylation sites (N-methyl/N-ethyl adjacent to an activating group) is 1. The molecule has 2 fully saturated rings. The van der Waals surface area contributed by atoms with Crippen molar-refractivity contribution in [3.8, 4) is 0 Å². The highest BCUT2D eigenvalue weighted by molar-refractivity contribution is 9.10. The van der Waals surface area contributed by atoms with Crippen LogP contribution in [0.3, 0.4) is 0 Å². The number of fused-ring (bicyclic) bond motifs is 2. The fourth-order valence-electron chi connectivity index (χ4n) is 3.71. The van der Waals surface area contributed by atoms with Crippen LogP contribution in [0.5, 0.6) is 0 Å². The highest BCUT2D eigenvalue weighted by atomic mass is 79.9. The second-order valence-electron chi connectivity index (χ2n) is 6.14. The van der Waals surface area contributed by atoms with Crippen LogP contribution in [-0.4, -0.2) is 48.6 Å². The van der Waals surface area contributed by atoms with Crippen molar-refractivity contribution in [2.24, 2.45) is 5.73 Å². The maximum atomic E-state index is 6.11. The van der Waals surface area contributed by atoms with E-state index >= 15 is 0 Å². The molecule has 0 aliphatic carbocycles. The van der Waals surface area contributed by atoms with Gasteiger partial charge in [-0.2, -0.15) is 0 Å². The fourth-order valence-corrected chi connectivity index (χ4v) is 5.42. The van der Waals surface area contributed by atoms with E-state index in [0.29, 0.717) is 12.6 Å². The number of hydrogen-bond acceptors (Lipinski definition) is 4. The molecule has 112 valence electrons. The Morgan fingerprint density at radius 2 is 2.15 bits per heavy atom. The number of nitrogens with zero attached hydrogens (tertiary/aromatic N) is 2.